The average molecular weight is 1230 g/mol. The van der Waals surface area contributed by atoms with E-state index in [1.54, 1.807) is 107 Å². The van der Waals surface area contributed by atoms with Gasteiger partial charge in [0, 0.05) is 92.4 Å². The highest BCUT2D eigenvalue weighted by molar-refractivity contribution is 5.76. The lowest BCUT2D eigenvalue weighted by atomic mass is 9.80. The van der Waals surface area contributed by atoms with Gasteiger partial charge in [0.2, 0.25) is 0 Å². The van der Waals surface area contributed by atoms with Crippen LogP contribution in [0.2, 0.25) is 0 Å². The molecule has 1 aliphatic rings. The fourth-order valence-corrected chi connectivity index (χ4v) is 9.47. The molecule has 0 aliphatic heterocycles. The van der Waals surface area contributed by atoms with Gasteiger partial charge in [0.05, 0.1) is 52.9 Å². The quantitative estimate of drug-likeness (QED) is 0.0329. The normalized spacial score (nSPS) is 14.8. The number of hydrogen-bond acceptors (Lipinski definition) is 24. The number of hydrogen-bond donors (Lipinski definition) is 0. The molecular weight excluding hydrogens is 1150 g/mol. The lowest BCUT2D eigenvalue weighted by molar-refractivity contribution is -0.146. The first-order valence-corrected chi connectivity index (χ1v) is 29.2. The third-order valence-electron chi connectivity index (χ3n) is 13.5. The van der Waals surface area contributed by atoms with E-state index < -0.39 is 124 Å². The first kappa shape index (κ1) is 69.8. The second kappa shape index (κ2) is 35.0. The molecule has 88 heavy (non-hydrogen) atoms. The highest BCUT2D eigenvalue weighted by Gasteiger charge is 2.33. The Morgan fingerprint density at radius 2 is 0.341 bits per heavy atom. The van der Waals surface area contributed by atoms with Gasteiger partial charge in [0.1, 0.15) is 46.0 Å². The van der Waals surface area contributed by atoms with Gasteiger partial charge >= 0.3 is 47.8 Å². The van der Waals surface area contributed by atoms with E-state index in [1.807, 2.05) is 0 Å². The van der Waals surface area contributed by atoms with E-state index in [1.165, 1.54) is 24.3 Å². The zero-order chi connectivity index (χ0) is 64.5. The summed E-state index contributed by atoms with van der Waals surface area (Å²) in [6, 6.07) is 13.0. The summed E-state index contributed by atoms with van der Waals surface area (Å²) in [7, 11) is 0. The minimum absolute atomic E-state index is 0.0385. The number of fused-ring (bicyclic) bond motifs is 8. The van der Waals surface area contributed by atoms with Gasteiger partial charge in [-0.05, 0) is 79.7 Å². The SMILES string of the molecule is CCOC(=O)COc1cc(OCC(=O)OCC)c2cc1C(C)c1cc(c(OCC(=O)OCC)cc1OCC(=O)OCC)C(C)c1cc(c(OCC(=O)OCC)cc1OCC(=O)OCC)C(C)c1cc(c(OCC(=O)OCC)cc1OCC(=O)OCC)C2C. The Morgan fingerprint density at radius 1 is 0.227 bits per heavy atom. The molecule has 1 aliphatic carbocycles. The van der Waals surface area contributed by atoms with Gasteiger partial charge in [-0.2, -0.15) is 0 Å². The molecule has 0 amide bonds. The van der Waals surface area contributed by atoms with Crippen LogP contribution in [0.3, 0.4) is 0 Å². The van der Waals surface area contributed by atoms with Crippen LogP contribution in [-0.4, -0.2) is 153 Å². The van der Waals surface area contributed by atoms with Crippen molar-refractivity contribution in [2.75, 3.05) is 106 Å². The van der Waals surface area contributed by atoms with Crippen LogP contribution >= 0.6 is 0 Å². The summed E-state index contributed by atoms with van der Waals surface area (Å²) < 4.78 is 92.9. The summed E-state index contributed by atoms with van der Waals surface area (Å²) in [4.78, 5) is 105. The molecule has 0 aromatic heterocycles. The molecule has 480 valence electrons. The van der Waals surface area contributed by atoms with E-state index >= 15 is 0 Å². The van der Waals surface area contributed by atoms with Crippen molar-refractivity contribution < 1.29 is 114 Å². The van der Waals surface area contributed by atoms with E-state index in [2.05, 4.69) is 0 Å². The summed E-state index contributed by atoms with van der Waals surface area (Å²) in [5, 5.41) is 0. The van der Waals surface area contributed by atoms with Crippen LogP contribution in [0, 0.1) is 0 Å². The van der Waals surface area contributed by atoms with E-state index in [9.17, 15) is 38.4 Å². The number of esters is 8. The summed E-state index contributed by atoms with van der Waals surface area (Å²) in [6.45, 7) is 15.9. The van der Waals surface area contributed by atoms with Crippen molar-refractivity contribution >= 4 is 47.8 Å². The van der Waals surface area contributed by atoms with Crippen LogP contribution in [0.5, 0.6) is 46.0 Å². The molecule has 8 bridgehead atoms. The van der Waals surface area contributed by atoms with E-state index in [4.69, 9.17) is 75.8 Å². The van der Waals surface area contributed by atoms with Crippen LogP contribution in [-0.2, 0) is 76.3 Å². The van der Waals surface area contributed by atoms with Crippen molar-refractivity contribution in [3.05, 3.63) is 93.0 Å². The summed E-state index contributed by atoms with van der Waals surface area (Å²) in [5.41, 5.74) is 3.02. The Balaban J connectivity index is 2.08. The van der Waals surface area contributed by atoms with Crippen LogP contribution in [0.15, 0.2) is 48.5 Å². The van der Waals surface area contributed by atoms with Crippen LogP contribution < -0.4 is 37.9 Å². The van der Waals surface area contributed by atoms with E-state index in [0.717, 1.165) is 0 Å². The Kier molecular flexibility index (Phi) is 27.8. The molecule has 0 atom stereocenters. The molecule has 0 spiro atoms. The van der Waals surface area contributed by atoms with Gasteiger partial charge in [0.15, 0.2) is 52.9 Å². The third kappa shape index (κ3) is 19.5. The lowest BCUT2D eigenvalue weighted by Crippen LogP contribution is -2.20. The van der Waals surface area contributed by atoms with Crippen molar-refractivity contribution in [1.82, 2.24) is 0 Å². The lowest BCUT2D eigenvalue weighted by Gasteiger charge is -2.29. The highest BCUT2D eigenvalue weighted by atomic mass is 16.6. The van der Waals surface area contributed by atoms with Gasteiger partial charge < -0.3 is 75.8 Å². The topological polar surface area (TPSA) is 284 Å². The maximum absolute atomic E-state index is 13.2. The molecule has 4 aromatic carbocycles. The molecule has 0 N–H and O–H groups in total. The number of rotatable bonds is 32. The molecule has 24 heteroatoms. The Morgan fingerprint density at radius 3 is 0.443 bits per heavy atom. The third-order valence-corrected chi connectivity index (χ3v) is 13.5. The predicted octanol–water partition coefficient (Wildman–Crippen LogP) is 8.14. The zero-order valence-electron chi connectivity index (χ0n) is 52.0. The maximum Gasteiger partial charge on any atom is 0.344 e. The minimum Gasteiger partial charge on any atom is -0.481 e. The minimum atomic E-state index is -0.875. The van der Waals surface area contributed by atoms with Gasteiger partial charge in [0.25, 0.3) is 0 Å². The molecule has 24 nitrogen and oxygen atoms in total. The molecule has 0 radical (unpaired) electrons. The highest BCUT2D eigenvalue weighted by Crippen LogP contribution is 2.51. The smallest absolute Gasteiger partial charge is 0.344 e. The van der Waals surface area contributed by atoms with Crippen molar-refractivity contribution in [1.29, 1.82) is 0 Å². The van der Waals surface area contributed by atoms with Crippen molar-refractivity contribution in [2.24, 2.45) is 0 Å². The van der Waals surface area contributed by atoms with Gasteiger partial charge in [-0.3, -0.25) is 0 Å². The number of carbonyl (C=O) groups excluding carboxylic acids is 8. The summed E-state index contributed by atoms with van der Waals surface area (Å²) >= 11 is 0. The largest absolute Gasteiger partial charge is 0.481 e. The molecule has 0 fully saturated rings. The molecule has 5 rings (SSSR count). The fraction of sp³-hybridized carbons (Fsp3) is 0.500. The first-order chi connectivity index (χ1) is 42.2. The average Bonchev–Trinajstić information content (AvgIpc) is 1.33. The van der Waals surface area contributed by atoms with Crippen LogP contribution in [0.4, 0.5) is 0 Å². The molecular formula is C64H80O24. The standard InChI is InChI=1S/C64H80O24/c1-13-73-57(65)29-81-49-25-50(82-30-58(66)74-14-2)42-21-41(49)37(9)43-22-44(52(84-32-60(68)76-16-4)26-51(43)83-31-59(67)75-15-3)39(11)47-24-48(56(88-36-64(72)80-20-8)28-55(47)87-35-63(71)79-19-7)40(12)46-23-45(38(42)10)53(85-33-61(69)77-17-5)27-54(46)86-34-62(70)78-18-6/h21-28,37-40H,13-20,29-36H2,1-12H3. The van der Waals surface area contributed by atoms with Crippen LogP contribution in [0.1, 0.15) is 151 Å². The van der Waals surface area contributed by atoms with Gasteiger partial charge in [-0.1, -0.05) is 27.7 Å². The Hall–Kier alpha value is -8.96. The Bertz CT molecular complexity index is 2490. The summed E-state index contributed by atoms with van der Waals surface area (Å²) in [6.07, 6.45) is 0. The van der Waals surface area contributed by atoms with Crippen LogP contribution in [0.25, 0.3) is 0 Å². The van der Waals surface area contributed by atoms with Gasteiger partial charge in [-0.15, -0.1) is 0 Å². The fourth-order valence-electron chi connectivity index (χ4n) is 9.47. The van der Waals surface area contributed by atoms with Crippen molar-refractivity contribution in [3.63, 3.8) is 0 Å². The molecule has 0 saturated heterocycles. The number of benzene rings is 4. The Labute approximate surface area is 511 Å². The van der Waals surface area contributed by atoms with Crippen molar-refractivity contribution in [3.8, 4) is 46.0 Å². The van der Waals surface area contributed by atoms with E-state index in [-0.39, 0.29) is 98.9 Å². The predicted molar refractivity (Wildman–Crippen MR) is 313 cm³/mol. The van der Waals surface area contributed by atoms with Gasteiger partial charge in [-0.25, -0.2) is 38.4 Å². The monoisotopic (exact) mass is 1230 g/mol. The number of ether oxygens (including phenoxy) is 16. The summed E-state index contributed by atoms with van der Waals surface area (Å²) in [5.74, 6) is -8.68. The van der Waals surface area contributed by atoms with E-state index in [0.29, 0.717) is 44.5 Å². The second-order valence-corrected chi connectivity index (χ2v) is 19.3. The second-order valence-electron chi connectivity index (χ2n) is 19.3. The molecule has 4 aromatic rings. The molecule has 0 saturated carbocycles. The number of carbonyl (C=O) groups is 8. The zero-order valence-corrected chi connectivity index (χ0v) is 52.0. The molecule has 0 unspecified atom stereocenters. The maximum atomic E-state index is 13.2. The molecule has 0 heterocycles. The first-order valence-electron chi connectivity index (χ1n) is 29.2. The van der Waals surface area contributed by atoms with Crippen molar-refractivity contribution in [2.45, 2.75) is 107 Å².